The number of hydrogen-bond acceptors (Lipinski definition) is 4. The van der Waals surface area contributed by atoms with E-state index in [9.17, 15) is 0 Å². The molecule has 0 saturated carbocycles. The van der Waals surface area contributed by atoms with E-state index in [4.69, 9.17) is 10.3 Å². The second kappa shape index (κ2) is 4.45. The Kier molecular flexibility index (Phi) is 3.01. The largest absolute Gasteiger partial charge is 0.334 e. The van der Waals surface area contributed by atoms with E-state index >= 15 is 0 Å². The van der Waals surface area contributed by atoms with Gasteiger partial charge in [-0.2, -0.15) is 4.98 Å². The molecule has 4 nitrogen and oxygen atoms in total. The smallest absolute Gasteiger partial charge is 0.257 e. The zero-order valence-electron chi connectivity index (χ0n) is 9.47. The lowest BCUT2D eigenvalue weighted by Crippen LogP contribution is -1.95. The maximum atomic E-state index is 5.58. The summed E-state index contributed by atoms with van der Waals surface area (Å²) >= 11 is 0. The van der Waals surface area contributed by atoms with Crippen LogP contribution in [0.5, 0.6) is 0 Å². The molecule has 2 rings (SSSR count). The molecule has 0 saturated heterocycles. The van der Waals surface area contributed by atoms with Gasteiger partial charge in [-0.15, -0.1) is 0 Å². The second-order valence-corrected chi connectivity index (χ2v) is 4.02. The van der Waals surface area contributed by atoms with E-state index in [1.54, 1.807) is 0 Å². The highest BCUT2D eigenvalue weighted by Gasteiger charge is 2.11. The van der Waals surface area contributed by atoms with Crippen LogP contribution in [0.4, 0.5) is 0 Å². The molecule has 0 aliphatic carbocycles. The zero-order valence-corrected chi connectivity index (χ0v) is 9.47. The molecule has 0 unspecified atom stereocenters. The predicted molar refractivity (Wildman–Crippen MR) is 61.7 cm³/mol. The molecule has 1 heterocycles. The number of benzene rings is 1. The third-order valence-electron chi connectivity index (χ3n) is 2.37. The van der Waals surface area contributed by atoms with E-state index in [0.29, 0.717) is 12.4 Å². The minimum Gasteiger partial charge on any atom is -0.334 e. The monoisotopic (exact) mass is 217 g/mol. The summed E-state index contributed by atoms with van der Waals surface area (Å²) in [6.07, 6.45) is 0. The lowest BCUT2D eigenvalue weighted by molar-refractivity contribution is 0.419. The van der Waals surface area contributed by atoms with Gasteiger partial charge in [0, 0.05) is 18.0 Å². The van der Waals surface area contributed by atoms with Gasteiger partial charge in [0.25, 0.3) is 5.89 Å². The molecule has 0 atom stereocenters. The lowest BCUT2D eigenvalue weighted by atomic mass is 10.1. The van der Waals surface area contributed by atoms with Crippen molar-refractivity contribution in [2.75, 3.05) is 0 Å². The van der Waals surface area contributed by atoms with Crippen LogP contribution < -0.4 is 5.73 Å². The fourth-order valence-electron chi connectivity index (χ4n) is 1.42. The van der Waals surface area contributed by atoms with Crippen molar-refractivity contribution in [2.45, 2.75) is 26.3 Å². The first-order valence-electron chi connectivity index (χ1n) is 5.33. The fourth-order valence-corrected chi connectivity index (χ4v) is 1.42. The molecule has 1 aromatic heterocycles. The Morgan fingerprint density at radius 3 is 2.81 bits per heavy atom. The van der Waals surface area contributed by atoms with Crippen molar-refractivity contribution >= 4 is 0 Å². The molecule has 2 N–H and O–H groups in total. The molecule has 0 spiro atoms. The van der Waals surface area contributed by atoms with E-state index in [2.05, 4.69) is 10.1 Å². The third kappa shape index (κ3) is 2.12. The summed E-state index contributed by atoms with van der Waals surface area (Å²) in [6, 6.07) is 7.83. The van der Waals surface area contributed by atoms with Crippen LogP contribution in [-0.4, -0.2) is 10.1 Å². The first kappa shape index (κ1) is 10.8. The molecule has 4 heteroatoms. The molecule has 0 amide bonds. The van der Waals surface area contributed by atoms with Gasteiger partial charge in [-0.3, -0.25) is 0 Å². The molecule has 0 fully saturated rings. The van der Waals surface area contributed by atoms with Gasteiger partial charge in [0.2, 0.25) is 0 Å². The summed E-state index contributed by atoms with van der Waals surface area (Å²) in [5.74, 6) is 1.56. The quantitative estimate of drug-likeness (QED) is 0.856. The van der Waals surface area contributed by atoms with Gasteiger partial charge in [0.15, 0.2) is 5.82 Å². The number of hydrogen-bond donors (Lipinski definition) is 1. The second-order valence-electron chi connectivity index (χ2n) is 4.02. The van der Waals surface area contributed by atoms with Crippen molar-refractivity contribution in [3.05, 3.63) is 35.7 Å². The highest BCUT2D eigenvalue weighted by molar-refractivity contribution is 5.54. The Bertz CT molecular complexity index is 477. The normalized spacial score (nSPS) is 11.0. The van der Waals surface area contributed by atoms with Crippen molar-refractivity contribution in [2.24, 2.45) is 5.73 Å². The van der Waals surface area contributed by atoms with Crippen LogP contribution in [0, 0.1) is 0 Å². The number of aromatic nitrogens is 2. The van der Waals surface area contributed by atoms with E-state index in [1.165, 1.54) is 0 Å². The number of nitrogens with zero attached hydrogens (tertiary/aromatic N) is 2. The van der Waals surface area contributed by atoms with Gasteiger partial charge >= 0.3 is 0 Å². The zero-order chi connectivity index (χ0) is 11.5. The average molecular weight is 217 g/mol. The van der Waals surface area contributed by atoms with Crippen LogP contribution in [0.25, 0.3) is 11.5 Å². The Balaban J connectivity index is 2.34. The molecule has 0 aliphatic heterocycles. The topological polar surface area (TPSA) is 64.9 Å². The van der Waals surface area contributed by atoms with Gasteiger partial charge in [0.05, 0.1) is 0 Å². The van der Waals surface area contributed by atoms with Crippen molar-refractivity contribution in [1.82, 2.24) is 10.1 Å². The van der Waals surface area contributed by atoms with Crippen molar-refractivity contribution < 1.29 is 4.52 Å². The average Bonchev–Trinajstić information content (AvgIpc) is 2.78. The number of nitrogens with two attached hydrogens (primary N) is 1. The summed E-state index contributed by atoms with van der Waals surface area (Å²) in [7, 11) is 0. The van der Waals surface area contributed by atoms with Crippen LogP contribution in [-0.2, 0) is 6.54 Å². The van der Waals surface area contributed by atoms with Gasteiger partial charge in [0.1, 0.15) is 0 Å². The SMILES string of the molecule is CC(C)c1noc(-c2cccc(CN)c2)n1. The molecule has 0 aliphatic rings. The Morgan fingerprint density at radius 2 is 2.19 bits per heavy atom. The van der Waals surface area contributed by atoms with Gasteiger partial charge < -0.3 is 10.3 Å². The molecule has 2 aromatic rings. The summed E-state index contributed by atoms with van der Waals surface area (Å²) in [5.41, 5.74) is 7.56. The van der Waals surface area contributed by atoms with Crippen molar-refractivity contribution in [1.29, 1.82) is 0 Å². The molecular weight excluding hydrogens is 202 g/mol. The fraction of sp³-hybridized carbons (Fsp3) is 0.333. The first-order valence-corrected chi connectivity index (χ1v) is 5.33. The van der Waals surface area contributed by atoms with Crippen LogP contribution in [0.1, 0.15) is 31.2 Å². The Labute approximate surface area is 94.5 Å². The summed E-state index contributed by atoms with van der Waals surface area (Å²) in [5, 5.41) is 3.93. The summed E-state index contributed by atoms with van der Waals surface area (Å²) < 4.78 is 5.21. The molecule has 16 heavy (non-hydrogen) atoms. The van der Waals surface area contributed by atoms with Crippen LogP contribution in [0.3, 0.4) is 0 Å². The standard InChI is InChI=1S/C12H15N3O/c1-8(2)11-14-12(16-15-11)10-5-3-4-9(6-10)7-13/h3-6,8H,7,13H2,1-2H3. The molecule has 0 radical (unpaired) electrons. The Hall–Kier alpha value is -1.68. The Morgan fingerprint density at radius 1 is 1.38 bits per heavy atom. The molecule has 1 aromatic carbocycles. The third-order valence-corrected chi connectivity index (χ3v) is 2.37. The van der Waals surface area contributed by atoms with Crippen LogP contribution in [0.2, 0.25) is 0 Å². The summed E-state index contributed by atoms with van der Waals surface area (Å²) in [6.45, 7) is 4.58. The maximum absolute atomic E-state index is 5.58. The predicted octanol–water partition coefficient (Wildman–Crippen LogP) is 2.32. The van der Waals surface area contributed by atoms with Crippen LogP contribution >= 0.6 is 0 Å². The minimum atomic E-state index is 0.273. The van der Waals surface area contributed by atoms with Gasteiger partial charge in [-0.05, 0) is 17.7 Å². The first-order chi connectivity index (χ1) is 7.70. The summed E-state index contributed by atoms with van der Waals surface area (Å²) in [4.78, 5) is 4.34. The van der Waals surface area contributed by atoms with Gasteiger partial charge in [-0.25, -0.2) is 0 Å². The minimum absolute atomic E-state index is 0.273. The molecular formula is C12H15N3O. The van der Waals surface area contributed by atoms with E-state index in [-0.39, 0.29) is 5.92 Å². The highest BCUT2D eigenvalue weighted by Crippen LogP contribution is 2.20. The highest BCUT2D eigenvalue weighted by atomic mass is 16.5. The van der Waals surface area contributed by atoms with E-state index in [1.807, 2.05) is 38.1 Å². The van der Waals surface area contributed by atoms with Crippen molar-refractivity contribution in [3.8, 4) is 11.5 Å². The van der Waals surface area contributed by atoms with Crippen molar-refractivity contribution in [3.63, 3.8) is 0 Å². The lowest BCUT2D eigenvalue weighted by Gasteiger charge is -1.98. The maximum Gasteiger partial charge on any atom is 0.257 e. The number of rotatable bonds is 3. The van der Waals surface area contributed by atoms with Crippen LogP contribution in [0.15, 0.2) is 28.8 Å². The molecule has 0 bridgehead atoms. The molecule has 84 valence electrons. The van der Waals surface area contributed by atoms with E-state index < -0.39 is 0 Å². The van der Waals surface area contributed by atoms with E-state index in [0.717, 1.165) is 17.0 Å². The van der Waals surface area contributed by atoms with Gasteiger partial charge in [-0.1, -0.05) is 31.1 Å².